The van der Waals surface area contributed by atoms with Gasteiger partial charge in [0.25, 0.3) is 5.91 Å². The molecular weight excluding hydrogens is 322 g/mol. The summed E-state index contributed by atoms with van der Waals surface area (Å²) in [5, 5.41) is 5.29. The van der Waals surface area contributed by atoms with Crippen LogP contribution in [-0.4, -0.2) is 22.0 Å². The molecule has 3 aromatic rings. The number of aromatic nitrogens is 2. The van der Waals surface area contributed by atoms with Gasteiger partial charge in [-0.25, -0.2) is 4.98 Å². The van der Waals surface area contributed by atoms with Gasteiger partial charge in [0.15, 0.2) is 0 Å². The zero-order valence-electron chi connectivity index (χ0n) is 13.4. The molecule has 0 atom stereocenters. The van der Waals surface area contributed by atoms with Crippen molar-refractivity contribution >= 4 is 22.9 Å². The van der Waals surface area contributed by atoms with Crippen LogP contribution in [-0.2, 0) is 0 Å². The molecule has 2 aromatic heterocycles. The first kappa shape index (κ1) is 16.1. The molecule has 0 aliphatic heterocycles. The summed E-state index contributed by atoms with van der Waals surface area (Å²) in [6.45, 7) is 3.94. The lowest BCUT2D eigenvalue weighted by molar-refractivity contribution is 0.102. The topological polar surface area (TPSA) is 64.1 Å². The third-order valence-electron chi connectivity index (χ3n) is 3.10. The smallest absolute Gasteiger partial charge is 0.275 e. The highest BCUT2D eigenvalue weighted by Crippen LogP contribution is 2.22. The zero-order chi connectivity index (χ0) is 16.9. The number of amides is 1. The number of nitrogens with zero attached hydrogens (tertiary/aromatic N) is 2. The number of nitrogens with one attached hydrogen (secondary N) is 1. The molecule has 6 heteroatoms. The van der Waals surface area contributed by atoms with Crippen molar-refractivity contribution in [2.24, 2.45) is 0 Å². The highest BCUT2D eigenvalue weighted by atomic mass is 32.1. The maximum Gasteiger partial charge on any atom is 0.275 e. The molecule has 0 saturated carbocycles. The summed E-state index contributed by atoms with van der Waals surface area (Å²) in [5.74, 6) is 0.528. The summed E-state index contributed by atoms with van der Waals surface area (Å²) in [6.07, 6.45) is 1.82. The molecule has 0 bridgehead atoms. The highest BCUT2D eigenvalue weighted by Gasteiger charge is 2.12. The summed E-state index contributed by atoms with van der Waals surface area (Å²) < 4.78 is 5.58. The number of benzene rings is 1. The molecule has 1 amide bonds. The van der Waals surface area contributed by atoms with Gasteiger partial charge in [-0.15, -0.1) is 11.3 Å². The summed E-state index contributed by atoms with van der Waals surface area (Å²) in [6, 6.07) is 12.9. The fourth-order valence-electron chi connectivity index (χ4n) is 2.07. The Hall–Kier alpha value is -2.73. The SMILES string of the molecule is CC(C)Oc1ccc(NC(=O)c2csc(-c3ccccn3)n2)cc1. The second kappa shape index (κ2) is 7.23. The van der Waals surface area contributed by atoms with Gasteiger partial charge in [0.1, 0.15) is 16.5 Å². The van der Waals surface area contributed by atoms with Crippen molar-refractivity contribution in [2.75, 3.05) is 5.32 Å². The Morgan fingerprint density at radius 1 is 1.17 bits per heavy atom. The van der Waals surface area contributed by atoms with Crippen LogP contribution in [0.2, 0.25) is 0 Å². The van der Waals surface area contributed by atoms with E-state index in [-0.39, 0.29) is 12.0 Å². The van der Waals surface area contributed by atoms with Gasteiger partial charge in [0.2, 0.25) is 0 Å². The van der Waals surface area contributed by atoms with Crippen LogP contribution in [0.25, 0.3) is 10.7 Å². The molecular formula is C18H17N3O2S. The van der Waals surface area contributed by atoms with Crippen LogP contribution in [0.5, 0.6) is 5.75 Å². The van der Waals surface area contributed by atoms with E-state index in [2.05, 4.69) is 15.3 Å². The van der Waals surface area contributed by atoms with Gasteiger partial charge in [-0.05, 0) is 50.2 Å². The van der Waals surface area contributed by atoms with E-state index in [1.807, 2.05) is 56.3 Å². The molecule has 122 valence electrons. The second-order valence-corrected chi connectivity index (χ2v) is 6.26. The Kier molecular flexibility index (Phi) is 4.86. The lowest BCUT2D eigenvalue weighted by atomic mass is 10.3. The lowest BCUT2D eigenvalue weighted by Gasteiger charge is -2.10. The van der Waals surface area contributed by atoms with Crippen LogP contribution in [0.15, 0.2) is 54.0 Å². The second-order valence-electron chi connectivity index (χ2n) is 5.40. The van der Waals surface area contributed by atoms with E-state index < -0.39 is 0 Å². The van der Waals surface area contributed by atoms with Gasteiger partial charge >= 0.3 is 0 Å². The van der Waals surface area contributed by atoms with Crippen LogP contribution in [0.1, 0.15) is 24.3 Å². The Balaban J connectivity index is 1.68. The highest BCUT2D eigenvalue weighted by molar-refractivity contribution is 7.13. The molecule has 0 saturated heterocycles. The number of carbonyl (C=O) groups excluding carboxylic acids is 1. The third-order valence-corrected chi connectivity index (χ3v) is 3.97. The van der Waals surface area contributed by atoms with Crippen LogP contribution in [0.4, 0.5) is 5.69 Å². The Labute approximate surface area is 144 Å². The minimum atomic E-state index is -0.244. The predicted octanol–water partition coefficient (Wildman–Crippen LogP) is 4.24. The Morgan fingerprint density at radius 2 is 1.96 bits per heavy atom. The molecule has 0 radical (unpaired) electrons. The Morgan fingerprint density at radius 3 is 2.62 bits per heavy atom. The van der Waals surface area contributed by atoms with Crippen molar-refractivity contribution in [3.63, 3.8) is 0 Å². The fraction of sp³-hybridized carbons (Fsp3) is 0.167. The van der Waals surface area contributed by atoms with E-state index in [1.54, 1.807) is 11.6 Å². The maximum absolute atomic E-state index is 12.3. The van der Waals surface area contributed by atoms with E-state index in [4.69, 9.17) is 4.74 Å². The summed E-state index contributed by atoms with van der Waals surface area (Å²) >= 11 is 1.40. The molecule has 3 rings (SSSR count). The number of rotatable bonds is 5. The molecule has 0 unspecified atom stereocenters. The van der Waals surface area contributed by atoms with Crippen LogP contribution >= 0.6 is 11.3 Å². The van der Waals surface area contributed by atoms with Crippen molar-refractivity contribution in [1.82, 2.24) is 9.97 Å². The molecule has 5 nitrogen and oxygen atoms in total. The van der Waals surface area contributed by atoms with Crippen LogP contribution < -0.4 is 10.1 Å². The van der Waals surface area contributed by atoms with Crippen molar-refractivity contribution in [3.05, 3.63) is 59.7 Å². The van der Waals surface area contributed by atoms with Gasteiger partial charge in [0.05, 0.1) is 11.8 Å². The van der Waals surface area contributed by atoms with Gasteiger partial charge < -0.3 is 10.1 Å². The molecule has 24 heavy (non-hydrogen) atoms. The van der Waals surface area contributed by atoms with E-state index >= 15 is 0 Å². The quantitative estimate of drug-likeness (QED) is 0.755. The van der Waals surface area contributed by atoms with E-state index in [1.165, 1.54) is 11.3 Å². The molecule has 0 aliphatic rings. The van der Waals surface area contributed by atoms with Crippen molar-refractivity contribution in [3.8, 4) is 16.5 Å². The number of thiazole rings is 1. The van der Waals surface area contributed by atoms with Crippen molar-refractivity contribution in [1.29, 1.82) is 0 Å². The third kappa shape index (κ3) is 3.97. The monoisotopic (exact) mass is 339 g/mol. The molecule has 0 aliphatic carbocycles. The van der Waals surface area contributed by atoms with Gasteiger partial charge in [0, 0.05) is 17.3 Å². The molecule has 0 fully saturated rings. The van der Waals surface area contributed by atoms with Gasteiger partial charge in [-0.3, -0.25) is 9.78 Å². The summed E-state index contributed by atoms with van der Waals surface area (Å²) in [7, 11) is 0. The van der Waals surface area contributed by atoms with Crippen LogP contribution in [0, 0.1) is 0 Å². The maximum atomic E-state index is 12.3. The van der Waals surface area contributed by atoms with E-state index in [9.17, 15) is 4.79 Å². The first-order valence-corrected chi connectivity index (χ1v) is 8.45. The van der Waals surface area contributed by atoms with Gasteiger partial charge in [-0.2, -0.15) is 0 Å². The normalized spacial score (nSPS) is 10.6. The molecule has 0 spiro atoms. The standard InChI is InChI=1S/C18H17N3O2S/c1-12(2)23-14-8-6-13(7-9-14)20-17(22)16-11-24-18(21-16)15-5-3-4-10-19-15/h3-12H,1-2H3,(H,20,22). The number of carbonyl (C=O) groups is 1. The summed E-state index contributed by atoms with van der Waals surface area (Å²) in [5.41, 5.74) is 1.84. The lowest BCUT2D eigenvalue weighted by Crippen LogP contribution is -2.12. The van der Waals surface area contributed by atoms with E-state index in [0.717, 1.165) is 16.5 Å². The van der Waals surface area contributed by atoms with Crippen LogP contribution in [0.3, 0.4) is 0 Å². The largest absolute Gasteiger partial charge is 0.491 e. The molecule has 2 heterocycles. The predicted molar refractivity (Wildman–Crippen MR) is 95.5 cm³/mol. The summed E-state index contributed by atoms with van der Waals surface area (Å²) in [4.78, 5) is 20.9. The average molecular weight is 339 g/mol. The minimum absolute atomic E-state index is 0.116. The first-order valence-electron chi connectivity index (χ1n) is 7.57. The number of anilines is 1. The number of pyridine rings is 1. The molecule has 1 aromatic carbocycles. The van der Waals surface area contributed by atoms with Crippen molar-refractivity contribution < 1.29 is 9.53 Å². The number of hydrogen-bond donors (Lipinski definition) is 1. The van der Waals surface area contributed by atoms with E-state index in [0.29, 0.717) is 11.4 Å². The average Bonchev–Trinajstić information content (AvgIpc) is 3.07. The number of hydrogen-bond acceptors (Lipinski definition) is 5. The first-order chi connectivity index (χ1) is 11.6. The fourth-order valence-corrected chi connectivity index (χ4v) is 2.84. The zero-order valence-corrected chi connectivity index (χ0v) is 14.2. The molecule has 1 N–H and O–H groups in total. The van der Waals surface area contributed by atoms with Gasteiger partial charge in [-0.1, -0.05) is 6.07 Å². The Bertz CT molecular complexity index is 814. The minimum Gasteiger partial charge on any atom is -0.491 e. The van der Waals surface area contributed by atoms with Crippen molar-refractivity contribution in [2.45, 2.75) is 20.0 Å². The number of ether oxygens (including phenoxy) is 1.